The number of carbonyl (C=O) groups is 1. The van der Waals surface area contributed by atoms with Crippen molar-refractivity contribution >= 4 is 23.2 Å². The number of fused-ring (bicyclic) bond motifs is 1. The van der Waals surface area contributed by atoms with Crippen LogP contribution in [0.5, 0.6) is 0 Å². The van der Waals surface area contributed by atoms with Crippen molar-refractivity contribution in [3.63, 3.8) is 0 Å². The Kier molecular flexibility index (Phi) is 4.60. The molecule has 0 bridgehead atoms. The Bertz CT molecular complexity index is 923. The molecule has 0 saturated carbocycles. The number of hydrogen-bond donors (Lipinski definition) is 0. The van der Waals surface area contributed by atoms with E-state index in [-0.39, 0.29) is 6.04 Å². The molecule has 26 heavy (non-hydrogen) atoms. The summed E-state index contributed by atoms with van der Waals surface area (Å²) in [5.41, 5.74) is -0.213. The smallest absolute Gasteiger partial charge is 0.307 e. The number of nitrogens with zero attached hydrogens (tertiary/aromatic N) is 2. The molecule has 138 valence electrons. The highest BCUT2D eigenvalue weighted by molar-refractivity contribution is 6.30. The Morgan fingerprint density at radius 3 is 2.62 bits per heavy atom. The average Bonchev–Trinajstić information content (AvgIpc) is 2.90. The van der Waals surface area contributed by atoms with Crippen molar-refractivity contribution in [2.45, 2.75) is 38.5 Å². The van der Waals surface area contributed by atoms with Gasteiger partial charge in [-0.2, -0.15) is 13.2 Å². The van der Waals surface area contributed by atoms with Crippen LogP contribution in [0.3, 0.4) is 0 Å². The maximum Gasteiger partial charge on any atom is 0.417 e. The Hall–Kier alpha value is -2.28. The van der Waals surface area contributed by atoms with Gasteiger partial charge in [-0.1, -0.05) is 29.8 Å². The van der Waals surface area contributed by atoms with E-state index < -0.39 is 34.3 Å². The van der Waals surface area contributed by atoms with Crippen molar-refractivity contribution in [2.24, 2.45) is 0 Å². The number of rotatable bonds is 2. The quantitative estimate of drug-likeness (QED) is 0.783. The molecule has 2 heterocycles. The van der Waals surface area contributed by atoms with Gasteiger partial charge in [-0.05, 0) is 38.0 Å². The summed E-state index contributed by atoms with van der Waals surface area (Å²) in [7, 11) is 0. The molecule has 1 amide bonds. The third-order valence-corrected chi connectivity index (χ3v) is 4.82. The van der Waals surface area contributed by atoms with Crippen LogP contribution in [0.1, 0.15) is 31.0 Å². The summed E-state index contributed by atoms with van der Waals surface area (Å²) >= 11 is 5.68. The van der Waals surface area contributed by atoms with Gasteiger partial charge in [0, 0.05) is 17.9 Å². The first-order valence-corrected chi connectivity index (χ1v) is 8.39. The topological polar surface area (TPSA) is 42.3 Å². The summed E-state index contributed by atoms with van der Waals surface area (Å²) in [6.45, 7) is 3.25. The van der Waals surface area contributed by atoms with Gasteiger partial charge in [0.05, 0.1) is 5.56 Å². The number of amides is 1. The van der Waals surface area contributed by atoms with Crippen LogP contribution >= 0.6 is 11.6 Å². The van der Waals surface area contributed by atoms with Crippen LogP contribution in [0.4, 0.5) is 18.9 Å². The minimum Gasteiger partial charge on any atom is -0.307 e. The van der Waals surface area contributed by atoms with Crippen LogP contribution in [0, 0.1) is 0 Å². The van der Waals surface area contributed by atoms with E-state index in [1.807, 2.05) is 19.1 Å². The summed E-state index contributed by atoms with van der Waals surface area (Å²) in [5.74, 6) is -0.458. The minimum atomic E-state index is -4.67. The Labute approximate surface area is 152 Å². The van der Waals surface area contributed by atoms with Gasteiger partial charge in [0.1, 0.15) is 11.1 Å². The fraction of sp³-hybridized carbons (Fsp3) is 0.333. The third-order valence-electron chi connectivity index (χ3n) is 4.55. The standard InChI is InChI=1S/C18H16ClF3N2O2/c1-10-7-12-5-3-4-6-15(12)24(10)16(25)11(2)23-9-13(18(20,21)22)8-14(19)17(23)26/h3-6,8-11H,7H2,1-2H3/t10-,11+/m1/s1. The molecule has 0 unspecified atom stereocenters. The van der Waals surface area contributed by atoms with Gasteiger partial charge in [-0.25, -0.2) is 0 Å². The van der Waals surface area contributed by atoms with Crippen molar-refractivity contribution in [3.05, 3.63) is 63.0 Å². The van der Waals surface area contributed by atoms with E-state index in [0.29, 0.717) is 24.4 Å². The number of alkyl halides is 3. The molecule has 4 nitrogen and oxygen atoms in total. The zero-order chi connectivity index (χ0) is 19.2. The van der Waals surface area contributed by atoms with E-state index in [1.165, 1.54) is 11.8 Å². The maximum absolute atomic E-state index is 13.0. The van der Waals surface area contributed by atoms with Gasteiger partial charge in [0.2, 0.25) is 5.91 Å². The lowest BCUT2D eigenvalue weighted by Gasteiger charge is -2.27. The lowest BCUT2D eigenvalue weighted by Crippen LogP contribution is -2.42. The molecular formula is C18H16ClF3N2O2. The fourth-order valence-electron chi connectivity index (χ4n) is 3.23. The van der Waals surface area contributed by atoms with E-state index in [1.54, 1.807) is 12.1 Å². The molecule has 1 aromatic carbocycles. The zero-order valence-electron chi connectivity index (χ0n) is 14.0. The van der Waals surface area contributed by atoms with Crippen LogP contribution in [0.25, 0.3) is 0 Å². The summed E-state index contributed by atoms with van der Waals surface area (Å²) < 4.78 is 39.9. The van der Waals surface area contributed by atoms with E-state index in [4.69, 9.17) is 11.6 Å². The van der Waals surface area contributed by atoms with Crippen LogP contribution < -0.4 is 10.5 Å². The molecule has 0 N–H and O–H groups in total. The Balaban J connectivity index is 2.02. The molecule has 2 atom stereocenters. The average molecular weight is 385 g/mol. The summed E-state index contributed by atoms with van der Waals surface area (Å²) in [6, 6.07) is 6.62. The first kappa shape index (κ1) is 18.5. The lowest BCUT2D eigenvalue weighted by atomic mass is 10.1. The molecule has 0 spiro atoms. The van der Waals surface area contributed by atoms with E-state index >= 15 is 0 Å². The van der Waals surface area contributed by atoms with Gasteiger partial charge in [-0.15, -0.1) is 0 Å². The predicted molar refractivity (Wildman–Crippen MR) is 92.5 cm³/mol. The highest BCUT2D eigenvalue weighted by Gasteiger charge is 2.36. The lowest BCUT2D eigenvalue weighted by molar-refractivity contribution is -0.138. The van der Waals surface area contributed by atoms with Crippen molar-refractivity contribution in [1.29, 1.82) is 0 Å². The Morgan fingerprint density at radius 2 is 1.96 bits per heavy atom. The number of carbonyl (C=O) groups excluding carboxylic acids is 1. The predicted octanol–water partition coefficient (Wildman–Crippen LogP) is 4.06. The number of pyridine rings is 1. The molecule has 0 aliphatic carbocycles. The summed E-state index contributed by atoms with van der Waals surface area (Å²) in [5, 5.41) is -0.575. The second-order valence-electron chi connectivity index (χ2n) is 6.35. The molecule has 2 aromatic rings. The second kappa shape index (κ2) is 6.46. The van der Waals surface area contributed by atoms with E-state index in [2.05, 4.69) is 0 Å². The van der Waals surface area contributed by atoms with Crippen molar-refractivity contribution in [2.75, 3.05) is 4.90 Å². The molecule has 0 fully saturated rings. The maximum atomic E-state index is 13.0. The molecule has 3 rings (SSSR count). The van der Waals surface area contributed by atoms with Gasteiger partial charge < -0.3 is 9.47 Å². The van der Waals surface area contributed by atoms with Crippen molar-refractivity contribution < 1.29 is 18.0 Å². The highest BCUT2D eigenvalue weighted by Crippen LogP contribution is 2.34. The molecule has 1 aliphatic rings. The van der Waals surface area contributed by atoms with E-state index in [9.17, 15) is 22.8 Å². The molecule has 0 saturated heterocycles. The van der Waals surface area contributed by atoms with Gasteiger partial charge in [0.15, 0.2) is 0 Å². The summed E-state index contributed by atoms with van der Waals surface area (Å²) in [6.07, 6.45) is -3.38. The second-order valence-corrected chi connectivity index (χ2v) is 6.76. The first-order valence-electron chi connectivity index (χ1n) is 8.01. The van der Waals surface area contributed by atoms with E-state index in [0.717, 1.165) is 10.1 Å². The third kappa shape index (κ3) is 3.11. The number of hydrogen-bond acceptors (Lipinski definition) is 2. The number of para-hydroxylation sites is 1. The first-order chi connectivity index (χ1) is 12.1. The van der Waals surface area contributed by atoms with Gasteiger partial charge in [0.25, 0.3) is 5.56 Å². The van der Waals surface area contributed by atoms with Crippen LogP contribution in [0.2, 0.25) is 5.02 Å². The van der Waals surface area contributed by atoms with Gasteiger partial charge >= 0.3 is 6.18 Å². The normalized spacial score (nSPS) is 17.9. The minimum absolute atomic E-state index is 0.153. The van der Waals surface area contributed by atoms with Gasteiger partial charge in [-0.3, -0.25) is 9.59 Å². The van der Waals surface area contributed by atoms with Crippen molar-refractivity contribution in [3.8, 4) is 0 Å². The Morgan fingerprint density at radius 1 is 1.31 bits per heavy atom. The number of benzene rings is 1. The molecule has 0 radical (unpaired) electrons. The number of halogens is 4. The van der Waals surface area contributed by atoms with Crippen LogP contribution in [-0.4, -0.2) is 16.5 Å². The van der Waals surface area contributed by atoms with Crippen molar-refractivity contribution in [1.82, 2.24) is 4.57 Å². The SMILES string of the molecule is C[C@@H]1Cc2ccccc2N1C(=O)[C@H](C)n1cc(C(F)(F)F)cc(Cl)c1=O. The van der Waals surface area contributed by atoms with Crippen LogP contribution in [0.15, 0.2) is 41.3 Å². The molecular weight excluding hydrogens is 369 g/mol. The molecule has 8 heteroatoms. The van der Waals surface area contributed by atoms with Crippen LogP contribution in [-0.2, 0) is 17.4 Å². The molecule has 1 aromatic heterocycles. The monoisotopic (exact) mass is 384 g/mol. The highest BCUT2D eigenvalue weighted by atomic mass is 35.5. The largest absolute Gasteiger partial charge is 0.417 e. The molecule has 1 aliphatic heterocycles. The number of aromatic nitrogens is 1. The fourth-order valence-corrected chi connectivity index (χ4v) is 3.45. The number of anilines is 1. The summed E-state index contributed by atoms with van der Waals surface area (Å²) in [4.78, 5) is 26.7. The zero-order valence-corrected chi connectivity index (χ0v) is 14.8.